The van der Waals surface area contributed by atoms with Gasteiger partial charge < -0.3 is 14.6 Å². The Hall–Kier alpha value is -1.06. The molecule has 3 unspecified atom stereocenters. The van der Waals surface area contributed by atoms with Crippen LogP contribution in [0.5, 0.6) is 5.75 Å². The summed E-state index contributed by atoms with van der Waals surface area (Å²) in [4.78, 5) is 0. The van der Waals surface area contributed by atoms with Crippen LogP contribution in [0.4, 0.5) is 0 Å². The highest BCUT2D eigenvalue weighted by Crippen LogP contribution is 2.36. The zero-order chi connectivity index (χ0) is 12.3. The fourth-order valence-electron chi connectivity index (χ4n) is 2.41. The smallest absolute Gasteiger partial charge is 0.125 e. The lowest BCUT2D eigenvalue weighted by Gasteiger charge is -2.23. The number of aliphatic hydroxyl groups excluding tert-OH is 1. The van der Waals surface area contributed by atoms with E-state index in [2.05, 4.69) is 0 Å². The monoisotopic (exact) mass is 236 g/mol. The molecule has 17 heavy (non-hydrogen) atoms. The van der Waals surface area contributed by atoms with Gasteiger partial charge in [0.15, 0.2) is 0 Å². The largest absolute Gasteiger partial charge is 0.493 e. The highest BCUT2D eigenvalue weighted by Gasteiger charge is 2.32. The predicted octanol–water partition coefficient (Wildman–Crippen LogP) is 2.54. The van der Waals surface area contributed by atoms with Gasteiger partial charge in [0.25, 0.3) is 0 Å². The molecule has 1 aliphatic rings. The number of benzene rings is 1. The minimum absolute atomic E-state index is 0.111. The van der Waals surface area contributed by atoms with Gasteiger partial charge in [-0.25, -0.2) is 0 Å². The van der Waals surface area contributed by atoms with E-state index >= 15 is 0 Å². The number of aliphatic hydroxyl groups is 1. The van der Waals surface area contributed by atoms with Gasteiger partial charge >= 0.3 is 0 Å². The fraction of sp³-hybridized carbons (Fsp3) is 0.571. The van der Waals surface area contributed by atoms with E-state index in [1.807, 2.05) is 38.1 Å². The van der Waals surface area contributed by atoms with E-state index in [4.69, 9.17) is 9.47 Å². The molecular weight excluding hydrogens is 216 g/mol. The van der Waals surface area contributed by atoms with Crippen LogP contribution in [0.1, 0.15) is 31.9 Å². The summed E-state index contributed by atoms with van der Waals surface area (Å²) in [5, 5.41) is 10.4. The van der Waals surface area contributed by atoms with Crippen LogP contribution in [0.3, 0.4) is 0 Å². The maximum absolute atomic E-state index is 10.4. The Labute approximate surface area is 102 Å². The van der Waals surface area contributed by atoms with E-state index in [0.29, 0.717) is 6.61 Å². The fourth-order valence-corrected chi connectivity index (χ4v) is 2.41. The molecule has 0 spiro atoms. The van der Waals surface area contributed by atoms with Gasteiger partial charge in [-0.2, -0.15) is 0 Å². The molecule has 0 saturated carbocycles. The first-order valence-corrected chi connectivity index (χ1v) is 6.25. The Balaban J connectivity index is 2.20. The second-order valence-electron chi connectivity index (χ2n) is 4.44. The summed E-state index contributed by atoms with van der Waals surface area (Å²) in [6, 6.07) is 7.70. The van der Waals surface area contributed by atoms with Crippen LogP contribution in [0.25, 0.3) is 0 Å². The number of para-hydroxylation sites is 1. The summed E-state index contributed by atoms with van der Waals surface area (Å²) >= 11 is 0. The second kappa shape index (κ2) is 5.52. The molecule has 0 amide bonds. The Morgan fingerprint density at radius 1 is 1.47 bits per heavy atom. The van der Waals surface area contributed by atoms with E-state index in [0.717, 1.165) is 24.3 Å². The van der Waals surface area contributed by atoms with Crippen molar-refractivity contribution >= 4 is 0 Å². The quantitative estimate of drug-likeness (QED) is 0.873. The van der Waals surface area contributed by atoms with Gasteiger partial charge in [0.2, 0.25) is 0 Å². The number of hydrogen-bond acceptors (Lipinski definition) is 3. The highest BCUT2D eigenvalue weighted by molar-refractivity contribution is 5.35. The van der Waals surface area contributed by atoms with Gasteiger partial charge in [-0.05, 0) is 26.3 Å². The van der Waals surface area contributed by atoms with Crippen LogP contribution < -0.4 is 4.74 Å². The molecule has 2 rings (SSSR count). The van der Waals surface area contributed by atoms with Gasteiger partial charge in [0.05, 0.1) is 18.8 Å². The van der Waals surface area contributed by atoms with E-state index in [-0.39, 0.29) is 12.0 Å². The Morgan fingerprint density at radius 3 is 2.88 bits per heavy atom. The normalized spacial score (nSPS) is 25.8. The maximum Gasteiger partial charge on any atom is 0.125 e. The average molecular weight is 236 g/mol. The van der Waals surface area contributed by atoms with Crippen LogP contribution in [0.2, 0.25) is 0 Å². The van der Waals surface area contributed by atoms with Gasteiger partial charge in [0, 0.05) is 18.1 Å². The van der Waals surface area contributed by atoms with Crippen molar-refractivity contribution in [3.05, 3.63) is 29.8 Å². The van der Waals surface area contributed by atoms with Crippen molar-refractivity contribution in [1.82, 2.24) is 0 Å². The lowest BCUT2D eigenvalue weighted by atomic mass is 9.90. The number of rotatable bonds is 4. The molecule has 1 aliphatic heterocycles. The van der Waals surface area contributed by atoms with Crippen LogP contribution in [0, 0.1) is 5.92 Å². The summed E-state index contributed by atoms with van der Waals surface area (Å²) in [5.74, 6) is 0.943. The zero-order valence-electron chi connectivity index (χ0n) is 10.4. The predicted molar refractivity (Wildman–Crippen MR) is 66.1 cm³/mol. The molecule has 3 atom stereocenters. The molecular formula is C14H20O3. The standard InChI is InChI=1S/C14H20O3/c1-3-16-13-7-5-4-6-12(13)14(15)11-8-9-17-10(11)2/h4-7,10-11,14-15H,3,8-9H2,1-2H3. The van der Waals surface area contributed by atoms with E-state index in [1.165, 1.54) is 0 Å². The van der Waals surface area contributed by atoms with Crippen LogP contribution >= 0.6 is 0 Å². The van der Waals surface area contributed by atoms with Crippen molar-refractivity contribution in [2.24, 2.45) is 5.92 Å². The van der Waals surface area contributed by atoms with Crippen LogP contribution in [0.15, 0.2) is 24.3 Å². The Morgan fingerprint density at radius 2 is 2.24 bits per heavy atom. The SMILES string of the molecule is CCOc1ccccc1C(O)C1CCOC1C. The van der Waals surface area contributed by atoms with Gasteiger partial charge in [-0.3, -0.25) is 0 Å². The van der Waals surface area contributed by atoms with Gasteiger partial charge in [-0.15, -0.1) is 0 Å². The third kappa shape index (κ3) is 2.61. The first-order valence-electron chi connectivity index (χ1n) is 6.25. The van der Waals surface area contributed by atoms with Gasteiger partial charge in [0.1, 0.15) is 5.75 Å². The minimum atomic E-state index is -0.504. The summed E-state index contributed by atoms with van der Waals surface area (Å²) in [6.45, 7) is 5.31. The third-order valence-corrected chi connectivity index (χ3v) is 3.38. The maximum atomic E-state index is 10.4. The summed E-state index contributed by atoms with van der Waals surface area (Å²) in [7, 11) is 0. The first-order chi connectivity index (χ1) is 8.24. The van der Waals surface area contributed by atoms with Crippen LogP contribution in [-0.2, 0) is 4.74 Å². The van der Waals surface area contributed by atoms with Crippen molar-refractivity contribution < 1.29 is 14.6 Å². The summed E-state index contributed by atoms with van der Waals surface area (Å²) < 4.78 is 11.1. The van der Waals surface area contributed by atoms with Gasteiger partial charge in [-0.1, -0.05) is 18.2 Å². The molecule has 0 radical (unpaired) electrons. The first kappa shape index (κ1) is 12.4. The van der Waals surface area contributed by atoms with Crippen molar-refractivity contribution in [3.8, 4) is 5.75 Å². The van der Waals surface area contributed by atoms with E-state index in [1.54, 1.807) is 0 Å². The molecule has 1 N–H and O–H groups in total. The lowest BCUT2D eigenvalue weighted by Crippen LogP contribution is -2.20. The molecule has 94 valence electrons. The molecule has 1 fully saturated rings. The van der Waals surface area contributed by atoms with Crippen molar-refractivity contribution in [3.63, 3.8) is 0 Å². The third-order valence-electron chi connectivity index (χ3n) is 3.38. The van der Waals surface area contributed by atoms with Crippen molar-refractivity contribution in [2.45, 2.75) is 32.5 Å². The van der Waals surface area contributed by atoms with Crippen LogP contribution in [-0.4, -0.2) is 24.4 Å². The topological polar surface area (TPSA) is 38.7 Å². The number of ether oxygens (including phenoxy) is 2. The molecule has 1 aromatic carbocycles. The molecule has 3 nitrogen and oxygen atoms in total. The lowest BCUT2D eigenvalue weighted by molar-refractivity contribution is 0.0418. The van der Waals surface area contributed by atoms with E-state index in [9.17, 15) is 5.11 Å². The van der Waals surface area contributed by atoms with E-state index < -0.39 is 6.10 Å². The molecule has 0 aliphatic carbocycles. The molecule has 1 heterocycles. The molecule has 1 saturated heterocycles. The molecule has 0 aromatic heterocycles. The molecule has 0 bridgehead atoms. The summed E-state index contributed by atoms with van der Waals surface area (Å²) in [6.07, 6.45) is 0.512. The minimum Gasteiger partial charge on any atom is -0.493 e. The van der Waals surface area contributed by atoms with Crippen molar-refractivity contribution in [2.75, 3.05) is 13.2 Å². The Kier molecular flexibility index (Phi) is 4.02. The Bertz CT molecular complexity index is 364. The molecule has 3 heteroatoms. The highest BCUT2D eigenvalue weighted by atomic mass is 16.5. The zero-order valence-corrected chi connectivity index (χ0v) is 10.4. The second-order valence-corrected chi connectivity index (χ2v) is 4.44. The summed E-state index contributed by atoms with van der Waals surface area (Å²) in [5.41, 5.74) is 0.872. The number of hydrogen-bond donors (Lipinski definition) is 1. The average Bonchev–Trinajstić information content (AvgIpc) is 2.76. The molecule has 1 aromatic rings. The van der Waals surface area contributed by atoms with Crippen molar-refractivity contribution in [1.29, 1.82) is 0 Å².